The number of benzene rings is 1. The van der Waals surface area contributed by atoms with Gasteiger partial charge in [-0.25, -0.2) is 0 Å². The van der Waals surface area contributed by atoms with Crippen LogP contribution in [0.15, 0.2) is 24.3 Å². The van der Waals surface area contributed by atoms with E-state index in [1.165, 1.54) is 11.3 Å². The first-order valence-electron chi connectivity index (χ1n) is 8.45. The average Bonchev–Trinajstić information content (AvgIpc) is 2.51. The molecule has 138 valence electrons. The van der Waals surface area contributed by atoms with Crippen molar-refractivity contribution in [1.29, 1.82) is 0 Å². The lowest BCUT2D eigenvalue weighted by atomic mass is 9.85. The summed E-state index contributed by atoms with van der Waals surface area (Å²) in [5, 5.41) is 3.09. The normalized spacial score (nSPS) is 19.6. The van der Waals surface area contributed by atoms with Crippen LogP contribution in [0.2, 0.25) is 0 Å². The summed E-state index contributed by atoms with van der Waals surface area (Å²) >= 11 is 0. The zero-order valence-electron chi connectivity index (χ0n) is 14.7. The van der Waals surface area contributed by atoms with Crippen LogP contribution in [0.4, 0.5) is 5.69 Å². The fraction of sp³-hybridized carbons (Fsp3) is 0.611. The Bertz CT molecular complexity index is 499. The Kier molecular flexibility index (Phi) is 11.1. The summed E-state index contributed by atoms with van der Waals surface area (Å²) in [5.74, 6) is 0.285. The molecule has 1 aliphatic rings. The van der Waals surface area contributed by atoms with E-state index >= 15 is 0 Å². The Balaban J connectivity index is 0.00000264. The minimum Gasteiger partial charge on any atom is -0.370 e. The minimum absolute atomic E-state index is 0. The number of nitrogens with zero attached hydrogens (tertiary/aromatic N) is 1. The van der Waals surface area contributed by atoms with Gasteiger partial charge in [-0.1, -0.05) is 18.6 Å². The van der Waals surface area contributed by atoms with E-state index in [1.54, 1.807) is 0 Å². The lowest BCUT2D eigenvalue weighted by Gasteiger charge is -2.27. The number of aryl methyl sites for hydroxylation is 1. The van der Waals surface area contributed by atoms with Crippen molar-refractivity contribution >= 4 is 36.4 Å². The molecule has 1 fully saturated rings. The van der Waals surface area contributed by atoms with Crippen molar-refractivity contribution in [1.82, 2.24) is 5.32 Å². The van der Waals surface area contributed by atoms with Gasteiger partial charge in [0, 0.05) is 37.3 Å². The fourth-order valence-electron chi connectivity index (χ4n) is 3.22. The fourth-order valence-corrected chi connectivity index (χ4v) is 3.22. The van der Waals surface area contributed by atoms with Crippen molar-refractivity contribution in [3.8, 4) is 0 Å². The van der Waals surface area contributed by atoms with Gasteiger partial charge < -0.3 is 16.0 Å². The van der Waals surface area contributed by atoms with Crippen LogP contribution in [0.1, 0.15) is 38.2 Å². The quantitative estimate of drug-likeness (QED) is 0.801. The first kappa shape index (κ1) is 23.0. The van der Waals surface area contributed by atoms with Gasteiger partial charge in [-0.3, -0.25) is 4.79 Å². The highest BCUT2D eigenvalue weighted by molar-refractivity contribution is 5.85. The van der Waals surface area contributed by atoms with E-state index in [-0.39, 0.29) is 42.7 Å². The number of amides is 1. The molecule has 3 N–H and O–H groups in total. The Morgan fingerprint density at radius 1 is 1.33 bits per heavy atom. The summed E-state index contributed by atoms with van der Waals surface area (Å²) in [5.41, 5.74) is 8.44. The van der Waals surface area contributed by atoms with Gasteiger partial charge in [-0.15, -0.1) is 24.8 Å². The van der Waals surface area contributed by atoms with Crippen LogP contribution in [0, 0.1) is 12.8 Å². The third-order valence-electron chi connectivity index (χ3n) is 4.52. The summed E-state index contributed by atoms with van der Waals surface area (Å²) < 4.78 is 0. The molecule has 24 heavy (non-hydrogen) atoms. The molecule has 2 rings (SSSR count). The number of carbonyl (C=O) groups excluding carboxylic acids is 1. The molecule has 0 bridgehead atoms. The van der Waals surface area contributed by atoms with Crippen molar-refractivity contribution in [3.63, 3.8) is 0 Å². The molecule has 6 heteroatoms. The number of nitrogens with one attached hydrogen (secondary N) is 1. The van der Waals surface area contributed by atoms with Crippen molar-refractivity contribution in [2.75, 3.05) is 24.5 Å². The van der Waals surface area contributed by atoms with Crippen LogP contribution in [-0.2, 0) is 4.79 Å². The van der Waals surface area contributed by atoms with E-state index in [9.17, 15) is 4.79 Å². The summed E-state index contributed by atoms with van der Waals surface area (Å²) in [6, 6.07) is 8.69. The number of halogens is 2. The van der Waals surface area contributed by atoms with E-state index in [0.717, 1.165) is 38.8 Å². The molecule has 0 spiro atoms. The molecule has 1 aromatic rings. The number of hydrogen-bond acceptors (Lipinski definition) is 3. The third-order valence-corrected chi connectivity index (χ3v) is 4.52. The zero-order valence-corrected chi connectivity index (χ0v) is 16.3. The Hall–Kier alpha value is -0.970. The second-order valence-electron chi connectivity index (χ2n) is 6.33. The van der Waals surface area contributed by atoms with Crippen LogP contribution in [-0.4, -0.2) is 31.6 Å². The number of carbonyl (C=O) groups is 1. The van der Waals surface area contributed by atoms with Crippen molar-refractivity contribution in [3.05, 3.63) is 29.8 Å². The van der Waals surface area contributed by atoms with Crippen LogP contribution in [0.3, 0.4) is 0 Å². The van der Waals surface area contributed by atoms with E-state index in [1.807, 2.05) is 0 Å². The molecule has 0 radical (unpaired) electrons. The van der Waals surface area contributed by atoms with E-state index in [2.05, 4.69) is 48.3 Å². The van der Waals surface area contributed by atoms with Gasteiger partial charge in [0.1, 0.15) is 0 Å². The topological polar surface area (TPSA) is 58.4 Å². The number of hydrogen-bond donors (Lipinski definition) is 2. The van der Waals surface area contributed by atoms with Gasteiger partial charge in [-0.05, 0) is 50.8 Å². The second-order valence-corrected chi connectivity index (χ2v) is 6.33. The molecule has 1 saturated carbocycles. The lowest BCUT2D eigenvalue weighted by Crippen LogP contribution is -2.41. The van der Waals surface area contributed by atoms with Gasteiger partial charge in [0.15, 0.2) is 0 Å². The predicted octanol–water partition coefficient (Wildman–Crippen LogP) is 3.30. The zero-order chi connectivity index (χ0) is 15.9. The SMILES string of the molecule is CCN(CCNC(=O)C1CCCC(N)C1)c1cccc(C)c1.Cl.Cl. The highest BCUT2D eigenvalue weighted by atomic mass is 35.5. The predicted molar refractivity (Wildman–Crippen MR) is 107 cm³/mol. The van der Waals surface area contributed by atoms with Gasteiger partial charge in [-0.2, -0.15) is 0 Å². The Labute approximate surface area is 158 Å². The monoisotopic (exact) mass is 375 g/mol. The highest BCUT2D eigenvalue weighted by Crippen LogP contribution is 2.23. The third kappa shape index (κ3) is 6.88. The lowest BCUT2D eigenvalue weighted by molar-refractivity contribution is -0.126. The maximum Gasteiger partial charge on any atom is 0.223 e. The molecule has 4 nitrogen and oxygen atoms in total. The highest BCUT2D eigenvalue weighted by Gasteiger charge is 2.24. The van der Waals surface area contributed by atoms with Crippen molar-refractivity contribution in [2.24, 2.45) is 11.7 Å². The maximum atomic E-state index is 12.2. The van der Waals surface area contributed by atoms with Gasteiger partial charge in [0.2, 0.25) is 5.91 Å². The Morgan fingerprint density at radius 3 is 2.71 bits per heavy atom. The van der Waals surface area contributed by atoms with Gasteiger partial charge >= 0.3 is 0 Å². The molecule has 1 amide bonds. The smallest absolute Gasteiger partial charge is 0.223 e. The van der Waals surface area contributed by atoms with Crippen LogP contribution in [0.25, 0.3) is 0 Å². The number of anilines is 1. The summed E-state index contributed by atoms with van der Waals surface area (Å²) in [4.78, 5) is 14.5. The summed E-state index contributed by atoms with van der Waals surface area (Å²) in [6.45, 7) is 6.71. The first-order valence-corrected chi connectivity index (χ1v) is 8.45. The number of likely N-dealkylation sites (N-methyl/N-ethyl adjacent to an activating group) is 1. The molecular weight excluding hydrogens is 345 g/mol. The van der Waals surface area contributed by atoms with Crippen molar-refractivity contribution < 1.29 is 4.79 Å². The van der Waals surface area contributed by atoms with Gasteiger partial charge in [0.05, 0.1) is 0 Å². The molecule has 1 aliphatic carbocycles. The van der Waals surface area contributed by atoms with Crippen LogP contribution in [0.5, 0.6) is 0 Å². The van der Waals surface area contributed by atoms with Crippen molar-refractivity contribution in [2.45, 2.75) is 45.6 Å². The molecule has 1 aromatic carbocycles. The Morgan fingerprint density at radius 2 is 2.08 bits per heavy atom. The second kappa shape index (κ2) is 11.6. The van der Waals surface area contributed by atoms with E-state index in [4.69, 9.17) is 5.73 Å². The van der Waals surface area contributed by atoms with E-state index < -0.39 is 0 Å². The number of rotatable bonds is 6. The van der Waals surface area contributed by atoms with E-state index in [0.29, 0.717) is 6.54 Å². The maximum absolute atomic E-state index is 12.2. The largest absolute Gasteiger partial charge is 0.370 e. The molecule has 0 aromatic heterocycles. The van der Waals surface area contributed by atoms with Crippen LogP contribution < -0.4 is 16.0 Å². The number of nitrogens with two attached hydrogens (primary N) is 1. The molecular formula is C18H31Cl2N3O. The summed E-state index contributed by atoms with van der Waals surface area (Å²) in [6.07, 6.45) is 3.94. The molecule has 0 aliphatic heterocycles. The van der Waals surface area contributed by atoms with Gasteiger partial charge in [0.25, 0.3) is 0 Å². The molecule has 0 heterocycles. The standard InChI is InChI=1S/C18H29N3O.2ClH/c1-3-21(17-9-4-6-14(2)12-17)11-10-20-18(22)15-7-5-8-16(19)13-15;;/h4,6,9,12,15-16H,3,5,7-8,10-11,13,19H2,1-2H3,(H,20,22);2*1H. The minimum atomic E-state index is 0. The summed E-state index contributed by atoms with van der Waals surface area (Å²) in [7, 11) is 0. The molecule has 2 unspecified atom stereocenters. The molecule has 0 saturated heterocycles. The van der Waals surface area contributed by atoms with Crippen LogP contribution >= 0.6 is 24.8 Å². The first-order chi connectivity index (χ1) is 10.6. The average molecular weight is 376 g/mol. The molecule has 2 atom stereocenters.